The molecule has 5 heterocycles. The molecular weight excluding hydrogens is 1090 g/mol. The second-order valence-electron chi connectivity index (χ2n) is 13.2. The van der Waals surface area contributed by atoms with Crippen molar-refractivity contribution in [2.75, 3.05) is 6.61 Å². The summed E-state index contributed by atoms with van der Waals surface area (Å²) < 4.78 is 11.2. The van der Waals surface area contributed by atoms with Gasteiger partial charge < -0.3 is 14.7 Å². The number of unbranched alkanes of at least 4 members (excludes halogenated alkanes) is 5. The van der Waals surface area contributed by atoms with Gasteiger partial charge in [-0.05, 0) is 108 Å². The van der Waals surface area contributed by atoms with Crippen molar-refractivity contribution in [3.63, 3.8) is 0 Å². The summed E-state index contributed by atoms with van der Waals surface area (Å²) in [5, 5.41) is 3.39. The highest BCUT2D eigenvalue weighted by Gasteiger charge is 2.28. The third-order valence-corrected chi connectivity index (χ3v) is 15.9. The lowest BCUT2D eigenvalue weighted by Crippen LogP contribution is -1.99. The first-order chi connectivity index (χ1) is 26.7. The number of hydrogen-bond acceptors (Lipinski definition) is 7. The second kappa shape index (κ2) is 15.4. The van der Waals surface area contributed by atoms with Crippen LogP contribution in [0, 0.1) is 0 Å². The van der Waals surface area contributed by atoms with E-state index in [4.69, 9.17) is 34.6 Å². The van der Waals surface area contributed by atoms with Crippen LogP contribution in [0.4, 0.5) is 0 Å². The van der Waals surface area contributed by atoms with Crippen molar-refractivity contribution in [1.29, 1.82) is 0 Å². The predicted octanol–water partition coefficient (Wildman–Crippen LogP) is 14.2. The molecule has 3 aromatic heterocycles. The summed E-state index contributed by atoms with van der Waals surface area (Å²) >= 11 is 23.0. The van der Waals surface area contributed by atoms with Crippen LogP contribution in [-0.2, 0) is 0 Å². The number of benzene rings is 4. The number of nitrogens with one attached hydrogen (secondary N) is 2. The van der Waals surface area contributed by atoms with Gasteiger partial charge in [0, 0.05) is 61.7 Å². The number of rotatable bonds is 8. The molecule has 4 aromatic carbocycles. The van der Waals surface area contributed by atoms with E-state index < -0.39 is 0 Å². The number of H-pyrrole nitrogens is 2. The molecule has 9 nitrogen and oxygen atoms in total. The van der Waals surface area contributed by atoms with Crippen LogP contribution < -0.4 is 4.74 Å². The molecule has 55 heavy (non-hydrogen) atoms. The number of fused-ring (bicyclic) bond motifs is 20. The lowest BCUT2D eigenvalue weighted by atomic mass is 10.1. The molecule has 2 N–H and O–H groups in total. The van der Waals surface area contributed by atoms with Gasteiger partial charge in [-0.25, -0.2) is 29.9 Å². The van der Waals surface area contributed by atoms with Gasteiger partial charge in [-0.2, -0.15) is 0 Å². The molecule has 9 rings (SSSR count). The van der Waals surface area contributed by atoms with Gasteiger partial charge in [0.2, 0.25) is 0 Å². The fourth-order valence-corrected chi connectivity index (χ4v) is 10.7. The molecule has 2 aliphatic heterocycles. The fourth-order valence-electron chi connectivity index (χ4n) is 7.05. The van der Waals surface area contributed by atoms with Gasteiger partial charge in [0.15, 0.2) is 23.3 Å². The Balaban J connectivity index is 1.38. The third kappa shape index (κ3) is 6.60. The van der Waals surface area contributed by atoms with Gasteiger partial charge in [-0.15, -0.1) is 0 Å². The van der Waals surface area contributed by atoms with E-state index in [9.17, 15) is 0 Å². The van der Waals surface area contributed by atoms with E-state index in [0.717, 1.165) is 83.5 Å². The standard InChI is InChI=1S/C40H28Br6N8O/c1-2-3-4-5-6-11-16-55-32-30(45)26-25(29(44)31(32)46)39-51-36-21-15-10-9-14-20(21)34(49-36)47-33-18-12-7-8-13-19(18)35(48-33)50-37-22-17-23(41)27(42)28(43)24(22)38(52-37)53-40(26)54-39/h7-10,12-15,17H,2-6,11,16H2,1H3,(H2,47,48,49,50,51,52,53,54). The van der Waals surface area contributed by atoms with Crippen LogP contribution in [-0.4, -0.2) is 46.5 Å². The predicted molar refractivity (Wildman–Crippen MR) is 241 cm³/mol. The Hall–Kier alpha value is -3.08. The van der Waals surface area contributed by atoms with E-state index >= 15 is 0 Å². The van der Waals surface area contributed by atoms with E-state index in [1.54, 1.807) is 0 Å². The van der Waals surface area contributed by atoms with E-state index in [2.05, 4.69) is 112 Å². The van der Waals surface area contributed by atoms with Gasteiger partial charge in [-0.3, -0.25) is 0 Å². The van der Waals surface area contributed by atoms with Crippen molar-refractivity contribution in [2.24, 2.45) is 0 Å². The van der Waals surface area contributed by atoms with Crippen LogP contribution in [0.3, 0.4) is 0 Å². The maximum Gasteiger partial charge on any atom is 0.165 e. The minimum absolute atomic E-state index is 0.469. The molecule has 0 fully saturated rings. The molecule has 7 aromatic rings. The lowest BCUT2D eigenvalue weighted by molar-refractivity contribution is 0.301. The van der Waals surface area contributed by atoms with Gasteiger partial charge in [0.05, 0.1) is 15.6 Å². The second-order valence-corrected chi connectivity index (χ2v) is 18.1. The summed E-state index contributed by atoms with van der Waals surface area (Å²) in [6.45, 7) is 2.81. The van der Waals surface area contributed by atoms with Crippen LogP contribution >= 0.6 is 95.6 Å². The molecule has 0 aliphatic carbocycles. The monoisotopic (exact) mass is 1110 g/mol. The number of nitrogens with zero attached hydrogens (tertiary/aromatic N) is 6. The Labute approximate surface area is 365 Å². The smallest absolute Gasteiger partial charge is 0.165 e. The van der Waals surface area contributed by atoms with Crippen molar-refractivity contribution in [1.82, 2.24) is 39.9 Å². The molecule has 2 aliphatic rings. The highest BCUT2D eigenvalue weighted by atomic mass is 79.9. The third-order valence-electron chi connectivity index (χ3n) is 9.74. The summed E-state index contributed by atoms with van der Waals surface area (Å²) in [4.78, 5) is 37.9. The SMILES string of the molecule is CCCCCCCCOc1c(Br)c(Br)c2c3nc4nc(nc5[nH]c(nc6nc(nc([nH]3)c2c1Br)-c1c-6cc(Br)c(Br)c1Br)c1ccccc51)-c1ccccc1-4. The first kappa shape index (κ1) is 37.5. The summed E-state index contributed by atoms with van der Waals surface area (Å²) in [5.74, 6) is 2.71. The Morgan fingerprint density at radius 2 is 1.04 bits per heavy atom. The minimum Gasteiger partial charge on any atom is -0.491 e. The summed E-state index contributed by atoms with van der Waals surface area (Å²) in [5.41, 5.74) is 5.70. The average molecular weight is 1120 g/mol. The molecule has 8 bridgehead atoms. The molecule has 0 radical (unpaired) electrons. The minimum atomic E-state index is 0.469. The van der Waals surface area contributed by atoms with Gasteiger partial charge in [-0.1, -0.05) is 87.6 Å². The number of ether oxygens (including phenoxy) is 1. The molecule has 0 saturated heterocycles. The van der Waals surface area contributed by atoms with Crippen LogP contribution in [0.5, 0.6) is 5.75 Å². The van der Waals surface area contributed by atoms with Crippen molar-refractivity contribution in [3.8, 4) is 51.3 Å². The zero-order chi connectivity index (χ0) is 38.0. The topological polar surface area (TPSA) is 118 Å². The summed E-state index contributed by atoms with van der Waals surface area (Å²) in [6.07, 6.45) is 7.00. The largest absolute Gasteiger partial charge is 0.491 e. The Morgan fingerprint density at radius 3 is 1.71 bits per heavy atom. The van der Waals surface area contributed by atoms with E-state index in [-0.39, 0.29) is 0 Å². The lowest BCUT2D eigenvalue weighted by Gasteiger charge is -2.13. The Kier molecular flexibility index (Phi) is 10.5. The van der Waals surface area contributed by atoms with Crippen molar-refractivity contribution in [2.45, 2.75) is 45.4 Å². The number of hydrogen-bond donors (Lipinski definition) is 2. The fraction of sp³-hybridized carbons (Fsp3) is 0.200. The molecule has 0 saturated carbocycles. The maximum absolute atomic E-state index is 6.49. The highest BCUT2D eigenvalue weighted by molar-refractivity contribution is 9.14. The first-order valence-corrected chi connectivity index (χ1v) is 22.5. The van der Waals surface area contributed by atoms with E-state index in [1.165, 1.54) is 25.7 Å². The molecule has 0 amide bonds. The molecule has 0 unspecified atom stereocenters. The molecular formula is C40H28Br6N8O. The quantitative estimate of drug-likeness (QED) is 0.0884. The van der Waals surface area contributed by atoms with Gasteiger partial charge in [0.25, 0.3) is 0 Å². The molecule has 276 valence electrons. The van der Waals surface area contributed by atoms with Gasteiger partial charge in [0.1, 0.15) is 28.3 Å². The average Bonchev–Trinajstić information content (AvgIpc) is 3.92. The zero-order valence-electron chi connectivity index (χ0n) is 29.0. The molecule has 15 heteroatoms. The van der Waals surface area contributed by atoms with Crippen LogP contribution in [0.15, 0.2) is 81.4 Å². The van der Waals surface area contributed by atoms with Crippen molar-refractivity contribution < 1.29 is 4.74 Å². The zero-order valence-corrected chi connectivity index (χ0v) is 38.5. The van der Waals surface area contributed by atoms with Crippen molar-refractivity contribution >= 4 is 140 Å². The normalized spacial score (nSPS) is 12.1. The molecule has 0 spiro atoms. The Bertz CT molecular complexity index is 2890. The summed E-state index contributed by atoms with van der Waals surface area (Å²) in [6, 6.07) is 18.0. The highest BCUT2D eigenvalue weighted by Crippen LogP contribution is 2.50. The van der Waals surface area contributed by atoms with Crippen LogP contribution in [0.1, 0.15) is 45.4 Å². The maximum atomic E-state index is 6.49. The van der Waals surface area contributed by atoms with Crippen LogP contribution in [0.2, 0.25) is 0 Å². The molecule has 0 atom stereocenters. The van der Waals surface area contributed by atoms with Crippen molar-refractivity contribution in [3.05, 3.63) is 81.4 Å². The summed E-state index contributed by atoms with van der Waals surface area (Å²) in [7, 11) is 0. The first-order valence-electron chi connectivity index (χ1n) is 17.7. The number of halogens is 6. The Morgan fingerprint density at radius 1 is 0.509 bits per heavy atom. The van der Waals surface area contributed by atoms with E-state index in [1.807, 2.05) is 54.6 Å². The van der Waals surface area contributed by atoms with E-state index in [0.29, 0.717) is 58.2 Å². The van der Waals surface area contributed by atoms with Crippen LogP contribution in [0.25, 0.3) is 89.7 Å². The van der Waals surface area contributed by atoms with Gasteiger partial charge >= 0.3 is 0 Å². The number of aromatic amines is 2. The number of aromatic nitrogens is 8.